The van der Waals surface area contributed by atoms with Crippen molar-refractivity contribution in [2.24, 2.45) is 5.41 Å². The van der Waals surface area contributed by atoms with Gasteiger partial charge in [-0.05, 0) is 29.7 Å². The fourth-order valence-electron chi connectivity index (χ4n) is 1.98. The van der Waals surface area contributed by atoms with Gasteiger partial charge >= 0.3 is 5.97 Å². The number of aromatic carboxylic acids is 1. The summed E-state index contributed by atoms with van der Waals surface area (Å²) in [5.41, 5.74) is 1.85. The first-order valence-electron chi connectivity index (χ1n) is 5.06. The van der Waals surface area contributed by atoms with Gasteiger partial charge in [0.05, 0.1) is 5.56 Å². The summed E-state index contributed by atoms with van der Waals surface area (Å²) in [5, 5.41) is 8.75. The minimum absolute atomic E-state index is 0.346. The number of hydrogen-bond acceptors (Lipinski definition) is 2. The number of hydrogen-bond donors (Lipinski definition) is 1. The van der Waals surface area contributed by atoms with E-state index in [2.05, 4.69) is 18.7 Å². The van der Waals surface area contributed by atoms with Gasteiger partial charge in [0, 0.05) is 18.8 Å². The van der Waals surface area contributed by atoms with E-state index in [1.807, 2.05) is 12.1 Å². The summed E-state index contributed by atoms with van der Waals surface area (Å²) in [7, 11) is 0. The molecule has 0 spiro atoms. The van der Waals surface area contributed by atoms with Crippen LogP contribution < -0.4 is 4.90 Å². The lowest BCUT2D eigenvalue weighted by Crippen LogP contribution is -2.53. The quantitative estimate of drug-likeness (QED) is 0.804. The molecule has 3 nitrogen and oxygen atoms in total. The summed E-state index contributed by atoms with van der Waals surface area (Å²) < 4.78 is 0. The lowest BCUT2D eigenvalue weighted by Gasteiger charge is -2.47. The van der Waals surface area contributed by atoms with Gasteiger partial charge in [-0.1, -0.05) is 13.8 Å². The number of carboxylic acid groups (broad SMARTS) is 1. The third-order valence-corrected chi connectivity index (χ3v) is 2.72. The monoisotopic (exact) mass is 205 g/mol. The van der Waals surface area contributed by atoms with E-state index in [-0.39, 0.29) is 0 Å². The normalized spacial score (nSPS) is 18.4. The molecule has 0 aliphatic carbocycles. The van der Waals surface area contributed by atoms with E-state index < -0.39 is 5.97 Å². The molecule has 0 unspecified atom stereocenters. The molecule has 1 aromatic carbocycles. The highest BCUT2D eigenvalue weighted by Gasteiger charge is 2.33. The second-order valence-corrected chi connectivity index (χ2v) is 4.87. The van der Waals surface area contributed by atoms with Crippen LogP contribution in [0.3, 0.4) is 0 Å². The molecule has 0 bridgehead atoms. The van der Waals surface area contributed by atoms with Gasteiger partial charge in [0.1, 0.15) is 0 Å². The van der Waals surface area contributed by atoms with E-state index >= 15 is 0 Å². The smallest absolute Gasteiger partial charge is 0.335 e. The van der Waals surface area contributed by atoms with Crippen LogP contribution in [0, 0.1) is 5.41 Å². The zero-order chi connectivity index (χ0) is 11.1. The summed E-state index contributed by atoms with van der Waals surface area (Å²) in [6.45, 7) is 6.54. The molecule has 0 radical (unpaired) electrons. The van der Waals surface area contributed by atoms with E-state index in [9.17, 15) is 4.79 Å². The fraction of sp³-hybridized carbons (Fsp3) is 0.417. The van der Waals surface area contributed by atoms with Crippen molar-refractivity contribution < 1.29 is 9.90 Å². The van der Waals surface area contributed by atoms with Gasteiger partial charge in [0.15, 0.2) is 0 Å². The average Bonchev–Trinajstić information content (AvgIpc) is 2.14. The molecule has 80 valence electrons. The van der Waals surface area contributed by atoms with Crippen LogP contribution in [0.2, 0.25) is 0 Å². The van der Waals surface area contributed by atoms with Gasteiger partial charge in [-0.15, -0.1) is 0 Å². The Balaban J connectivity index is 2.09. The highest BCUT2D eigenvalue weighted by Crippen LogP contribution is 2.33. The minimum atomic E-state index is -0.870. The summed E-state index contributed by atoms with van der Waals surface area (Å²) in [6, 6.07) is 7.06. The van der Waals surface area contributed by atoms with Gasteiger partial charge in [-0.2, -0.15) is 0 Å². The minimum Gasteiger partial charge on any atom is -0.478 e. The van der Waals surface area contributed by atoms with Crippen LogP contribution >= 0.6 is 0 Å². The molecule has 15 heavy (non-hydrogen) atoms. The number of carbonyl (C=O) groups is 1. The number of nitrogens with zero attached hydrogens (tertiary/aromatic N) is 1. The molecule has 1 heterocycles. The first kappa shape index (κ1) is 10.0. The van der Waals surface area contributed by atoms with Crippen molar-refractivity contribution in [1.29, 1.82) is 0 Å². The molecule has 3 heteroatoms. The van der Waals surface area contributed by atoms with Gasteiger partial charge in [-0.25, -0.2) is 4.79 Å². The van der Waals surface area contributed by atoms with Crippen molar-refractivity contribution in [3.8, 4) is 0 Å². The predicted octanol–water partition coefficient (Wildman–Crippen LogP) is 2.23. The topological polar surface area (TPSA) is 40.5 Å². The van der Waals surface area contributed by atoms with Crippen LogP contribution in [0.15, 0.2) is 24.3 Å². The Kier molecular flexibility index (Phi) is 2.18. The first-order valence-corrected chi connectivity index (χ1v) is 5.06. The maximum Gasteiger partial charge on any atom is 0.335 e. The highest BCUT2D eigenvalue weighted by atomic mass is 16.4. The summed E-state index contributed by atoms with van der Waals surface area (Å²) in [6.07, 6.45) is 0. The zero-order valence-corrected chi connectivity index (χ0v) is 9.03. The zero-order valence-electron chi connectivity index (χ0n) is 9.03. The average molecular weight is 205 g/mol. The van der Waals surface area contributed by atoms with Crippen LogP contribution in [0.5, 0.6) is 0 Å². The summed E-state index contributed by atoms with van der Waals surface area (Å²) in [4.78, 5) is 12.9. The Morgan fingerprint density at radius 2 is 1.80 bits per heavy atom. The molecule has 2 rings (SSSR count). The lowest BCUT2D eigenvalue weighted by molar-refractivity contribution is 0.0697. The van der Waals surface area contributed by atoms with Crippen molar-refractivity contribution in [2.75, 3.05) is 18.0 Å². The first-order chi connectivity index (χ1) is 6.98. The third-order valence-electron chi connectivity index (χ3n) is 2.72. The van der Waals surface area contributed by atoms with Crippen LogP contribution in [0.1, 0.15) is 24.2 Å². The van der Waals surface area contributed by atoms with Crippen molar-refractivity contribution in [3.05, 3.63) is 29.8 Å². The van der Waals surface area contributed by atoms with Crippen LogP contribution in [0.4, 0.5) is 5.69 Å². The Bertz CT molecular complexity index is 373. The fourth-order valence-corrected chi connectivity index (χ4v) is 1.98. The summed E-state index contributed by atoms with van der Waals surface area (Å²) >= 11 is 0. The predicted molar refractivity (Wildman–Crippen MR) is 59.4 cm³/mol. The molecule has 1 fully saturated rings. The SMILES string of the molecule is CC1(C)CN(c2ccc(C(=O)O)cc2)C1. The second-order valence-electron chi connectivity index (χ2n) is 4.87. The number of rotatable bonds is 2. The lowest BCUT2D eigenvalue weighted by atomic mass is 9.84. The van der Waals surface area contributed by atoms with Crippen LogP contribution in [-0.2, 0) is 0 Å². The Morgan fingerprint density at radius 1 is 1.27 bits per heavy atom. The maximum atomic E-state index is 10.7. The Morgan fingerprint density at radius 3 is 2.20 bits per heavy atom. The van der Waals surface area contributed by atoms with Crippen molar-refractivity contribution >= 4 is 11.7 Å². The highest BCUT2D eigenvalue weighted by molar-refractivity contribution is 5.88. The number of benzene rings is 1. The molecule has 0 aromatic heterocycles. The van der Waals surface area contributed by atoms with Gasteiger partial charge in [0.25, 0.3) is 0 Å². The molecule has 1 N–H and O–H groups in total. The Labute approximate surface area is 89.3 Å². The Hall–Kier alpha value is -1.51. The summed E-state index contributed by atoms with van der Waals surface area (Å²) in [5.74, 6) is -0.870. The van der Waals surface area contributed by atoms with Crippen molar-refractivity contribution in [1.82, 2.24) is 0 Å². The van der Waals surface area contributed by atoms with Gasteiger partial charge < -0.3 is 10.0 Å². The number of anilines is 1. The number of carboxylic acids is 1. The molecule has 1 aromatic rings. The van der Waals surface area contributed by atoms with Crippen molar-refractivity contribution in [3.63, 3.8) is 0 Å². The standard InChI is InChI=1S/C12H15NO2/c1-12(2)7-13(8-12)10-5-3-9(4-6-10)11(14)15/h3-6H,7-8H2,1-2H3,(H,14,15). The maximum absolute atomic E-state index is 10.7. The molecule has 0 amide bonds. The van der Waals surface area contributed by atoms with Gasteiger partial charge in [-0.3, -0.25) is 0 Å². The molecule has 1 aliphatic rings. The van der Waals surface area contributed by atoms with Crippen molar-refractivity contribution in [2.45, 2.75) is 13.8 Å². The largest absolute Gasteiger partial charge is 0.478 e. The van der Waals surface area contributed by atoms with E-state index in [0.29, 0.717) is 11.0 Å². The molecule has 1 saturated heterocycles. The molecule has 1 aliphatic heterocycles. The van der Waals surface area contributed by atoms with Crippen LogP contribution in [-0.4, -0.2) is 24.2 Å². The van der Waals surface area contributed by atoms with E-state index in [1.165, 1.54) is 0 Å². The van der Waals surface area contributed by atoms with E-state index in [1.54, 1.807) is 12.1 Å². The molecule has 0 saturated carbocycles. The van der Waals surface area contributed by atoms with E-state index in [0.717, 1.165) is 18.8 Å². The third kappa shape index (κ3) is 1.96. The van der Waals surface area contributed by atoms with Gasteiger partial charge in [0.2, 0.25) is 0 Å². The van der Waals surface area contributed by atoms with Crippen LogP contribution in [0.25, 0.3) is 0 Å². The second kappa shape index (κ2) is 3.26. The molecule has 0 atom stereocenters. The molecular weight excluding hydrogens is 190 g/mol. The van der Waals surface area contributed by atoms with E-state index in [4.69, 9.17) is 5.11 Å². The molecular formula is C12H15NO2.